The summed E-state index contributed by atoms with van der Waals surface area (Å²) in [6, 6.07) is 10.0. The van der Waals surface area contributed by atoms with Crippen molar-refractivity contribution in [2.75, 3.05) is 12.1 Å². The van der Waals surface area contributed by atoms with Crippen molar-refractivity contribution in [1.29, 1.82) is 0 Å². The molecule has 0 atom stereocenters. The Morgan fingerprint density at radius 1 is 1.20 bits per heavy atom. The summed E-state index contributed by atoms with van der Waals surface area (Å²) >= 11 is 1.72. The van der Waals surface area contributed by atoms with Crippen molar-refractivity contribution in [3.05, 3.63) is 47.5 Å². The number of fused-ring (bicyclic) bond motifs is 2. The average molecular weight is 284 g/mol. The van der Waals surface area contributed by atoms with Crippen LogP contribution in [0.15, 0.2) is 41.9 Å². The van der Waals surface area contributed by atoms with Gasteiger partial charge in [0.25, 0.3) is 0 Å². The molecule has 3 aromatic rings. The van der Waals surface area contributed by atoms with Gasteiger partial charge in [-0.2, -0.15) is 0 Å². The van der Waals surface area contributed by atoms with Crippen LogP contribution in [0.4, 0.5) is 5.82 Å². The van der Waals surface area contributed by atoms with E-state index < -0.39 is 0 Å². The molecule has 100 valence electrons. The van der Waals surface area contributed by atoms with Gasteiger partial charge in [0, 0.05) is 28.4 Å². The molecule has 4 nitrogen and oxygen atoms in total. The van der Waals surface area contributed by atoms with Gasteiger partial charge in [-0.15, -0.1) is 11.3 Å². The number of benzene rings is 1. The van der Waals surface area contributed by atoms with E-state index in [0.717, 1.165) is 28.3 Å². The summed E-state index contributed by atoms with van der Waals surface area (Å²) in [7, 11) is 0. The fourth-order valence-electron chi connectivity index (χ4n) is 2.34. The Hall–Kier alpha value is -2.27. The third kappa shape index (κ3) is 1.87. The van der Waals surface area contributed by atoms with E-state index >= 15 is 0 Å². The predicted molar refractivity (Wildman–Crippen MR) is 79.5 cm³/mol. The van der Waals surface area contributed by atoms with Gasteiger partial charge in [-0.25, -0.2) is 4.98 Å². The van der Waals surface area contributed by atoms with Gasteiger partial charge in [0.05, 0.1) is 0 Å². The van der Waals surface area contributed by atoms with E-state index in [1.54, 1.807) is 11.3 Å². The predicted octanol–water partition coefficient (Wildman–Crippen LogP) is 3.64. The largest absolute Gasteiger partial charge is 0.454 e. The van der Waals surface area contributed by atoms with Gasteiger partial charge < -0.3 is 14.8 Å². The minimum absolute atomic E-state index is 0.296. The normalized spacial score (nSPS) is 12.8. The fraction of sp³-hybridized carbons (Fsp3) is 0.133. The smallest absolute Gasteiger partial charge is 0.231 e. The molecule has 3 heterocycles. The van der Waals surface area contributed by atoms with Crippen molar-refractivity contribution in [3.63, 3.8) is 0 Å². The van der Waals surface area contributed by atoms with Crippen molar-refractivity contribution >= 4 is 27.2 Å². The Balaban J connectivity index is 1.62. The lowest BCUT2D eigenvalue weighted by Gasteiger charge is -2.09. The van der Waals surface area contributed by atoms with Crippen molar-refractivity contribution in [3.8, 4) is 11.5 Å². The number of aromatic nitrogens is 1. The summed E-state index contributed by atoms with van der Waals surface area (Å²) in [5, 5.41) is 6.61. The number of nitrogens with one attached hydrogen (secondary N) is 1. The van der Waals surface area contributed by atoms with E-state index in [1.165, 1.54) is 4.70 Å². The fourth-order valence-corrected chi connectivity index (χ4v) is 3.13. The Kier molecular flexibility index (Phi) is 2.70. The molecule has 0 radical (unpaired) electrons. The minimum atomic E-state index is 0.296. The molecule has 0 bridgehead atoms. The van der Waals surface area contributed by atoms with Crippen molar-refractivity contribution in [2.24, 2.45) is 0 Å². The molecule has 2 aromatic heterocycles. The second-order valence-corrected chi connectivity index (χ2v) is 5.44. The van der Waals surface area contributed by atoms with Crippen LogP contribution >= 0.6 is 11.3 Å². The molecule has 0 amide bonds. The van der Waals surface area contributed by atoms with Gasteiger partial charge in [-0.3, -0.25) is 0 Å². The molecule has 0 unspecified atom stereocenters. The third-order valence-corrected chi connectivity index (χ3v) is 4.19. The summed E-state index contributed by atoms with van der Waals surface area (Å²) in [5.41, 5.74) is 1.08. The zero-order valence-corrected chi connectivity index (χ0v) is 11.4. The number of nitrogens with zero attached hydrogens (tertiary/aromatic N) is 1. The van der Waals surface area contributed by atoms with Gasteiger partial charge in [-0.1, -0.05) is 12.1 Å². The molecule has 4 rings (SSSR count). The monoisotopic (exact) mass is 284 g/mol. The first-order valence-electron chi connectivity index (χ1n) is 6.35. The number of anilines is 1. The molecule has 0 aliphatic carbocycles. The van der Waals surface area contributed by atoms with Crippen molar-refractivity contribution in [2.45, 2.75) is 6.54 Å². The van der Waals surface area contributed by atoms with Crippen LogP contribution in [0, 0.1) is 0 Å². The maximum Gasteiger partial charge on any atom is 0.231 e. The molecular formula is C15H12N2O2S. The SMILES string of the molecule is c1cc(CNc2nccc3sccc23)c2c(c1)OCO2. The molecule has 0 spiro atoms. The van der Waals surface area contributed by atoms with Crippen molar-refractivity contribution < 1.29 is 9.47 Å². The van der Waals surface area contributed by atoms with E-state index in [4.69, 9.17) is 9.47 Å². The molecule has 0 saturated carbocycles. The lowest BCUT2D eigenvalue weighted by Crippen LogP contribution is -2.02. The van der Waals surface area contributed by atoms with E-state index in [-0.39, 0.29) is 0 Å². The Morgan fingerprint density at radius 3 is 3.20 bits per heavy atom. The maximum atomic E-state index is 5.51. The summed E-state index contributed by atoms with van der Waals surface area (Å²) in [4.78, 5) is 4.41. The van der Waals surface area contributed by atoms with E-state index in [0.29, 0.717) is 13.3 Å². The van der Waals surface area contributed by atoms with Crippen LogP contribution in [0.3, 0.4) is 0 Å². The van der Waals surface area contributed by atoms with Crippen molar-refractivity contribution in [1.82, 2.24) is 4.98 Å². The summed E-state index contributed by atoms with van der Waals surface area (Å²) < 4.78 is 12.1. The molecule has 1 aliphatic heterocycles. The second-order valence-electron chi connectivity index (χ2n) is 4.50. The zero-order valence-electron chi connectivity index (χ0n) is 10.6. The molecule has 20 heavy (non-hydrogen) atoms. The molecule has 1 aromatic carbocycles. The highest BCUT2D eigenvalue weighted by molar-refractivity contribution is 7.17. The number of hydrogen-bond acceptors (Lipinski definition) is 5. The Labute approximate surface area is 120 Å². The number of thiophene rings is 1. The molecule has 0 fully saturated rings. The first-order chi connectivity index (χ1) is 9.92. The van der Waals surface area contributed by atoms with Crippen LogP contribution in [-0.2, 0) is 6.54 Å². The van der Waals surface area contributed by atoms with Crippen LogP contribution in [-0.4, -0.2) is 11.8 Å². The molecule has 1 N–H and O–H groups in total. The van der Waals surface area contributed by atoms with Crippen LogP contribution in [0.1, 0.15) is 5.56 Å². The minimum Gasteiger partial charge on any atom is -0.454 e. The lowest BCUT2D eigenvalue weighted by atomic mass is 10.2. The van der Waals surface area contributed by atoms with Crippen LogP contribution in [0.5, 0.6) is 11.5 Å². The number of pyridine rings is 1. The van der Waals surface area contributed by atoms with Gasteiger partial charge in [0.1, 0.15) is 5.82 Å². The Bertz CT molecular complexity index is 769. The van der Waals surface area contributed by atoms with Gasteiger partial charge in [0.2, 0.25) is 6.79 Å². The summed E-state index contributed by atoms with van der Waals surface area (Å²) in [6.07, 6.45) is 1.83. The number of rotatable bonds is 3. The zero-order chi connectivity index (χ0) is 13.4. The number of para-hydroxylation sites is 1. The third-order valence-electron chi connectivity index (χ3n) is 3.30. The topological polar surface area (TPSA) is 43.4 Å². The average Bonchev–Trinajstić information content (AvgIpc) is 3.13. The van der Waals surface area contributed by atoms with E-state index in [9.17, 15) is 0 Å². The Morgan fingerprint density at radius 2 is 2.20 bits per heavy atom. The molecule has 0 saturated heterocycles. The van der Waals surface area contributed by atoms with E-state index in [2.05, 4.69) is 21.7 Å². The lowest BCUT2D eigenvalue weighted by molar-refractivity contribution is 0.173. The summed E-state index contributed by atoms with van der Waals surface area (Å²) in [5.74, 6) is 2.55. The van der Waals surface area contributed by atoms with Gasteiger partial charge in [0.15, 0.2) is 11.5 Å². The first-order valence-corrected chi connectivity index (χ1v) is 7.23. The first kappa shape index (κ1) is 11.5. The highest BCUT2D eigenvalue weighted by Crippen LogP contribution is 2.36. The highest BCUT2D eigenvalue weighted by Gasteiger charge is 2.17. The van der Waals surface area contributed by atoms with Crippen LogP contribution in [0.2, 0.25) is 0 Å². The quantitative estimate of drug-likeness (QED) is 0.797. The van der Waals surface area contributed by atoms with Crippen LogP contribution < -0.4 is 14.8 Å². The standard InChI is InChI=1S/C15H12N2O2S/c1-2-10(14-12(3-1)18-9-19-14)8-17-15-11-5-7-20-13(11)4-6-16-15/h1-7H,8-9H2,(H,16,17). The van der Waals surface area contributed by atoms with Gasteiger partial charge in [-0.05, 0) is 23.6 Å². The number of ether oxygens (including phenoxy) is 2. The van der Waals surface area contributed by atoms with E-state index in [1.807, 2.05) is 30.5 Å². The number of hydrogen-bond donors (Lipinski definition) is 1. The maximum absolute atomic E-state index is 5.51. The van der Waals surface area contributed by atoms with Gasteiger partial charge >= 0.3 is 0 Å². The molecule has 5 heteroatoms. The molecule has 1 aliphatic rings. The van der Waals surface area contributed by atoms with Crippen LogP contribution in [0.25, 0.3) is 10.1 Å². The highest BCUT2D eigenvalue weighted by atomic mass is 32.1. The molecular weight excluding hydrogens is 272 g/mol. The second kappa shape index (κ2) is 4.68. The summed E-state index contributed by atoms with van der Waals surface area (Å²) in [6.45, 7) is 0.958.